The number of aliphatic carboxylic acids is 1. The van der Waals surface area contributed by atoms with Crippen molar-refractivity contribution in [2.24, 2.45) is 0 Å². The highest BCUT2D eigenvalue weighted by Crippen LogP contribution is 2.43. The molecule has 2 aromatic rings. The average molecular weight is 464 g/mol. The molecule has 0 saturated carbocycles. The Bertz CT molecular complexity index is 872. The maximum absolute atomic E-state index is 12.1. The third kappa shape index (κ3) is 4.51. The van der Waals surface area contributed by atoms with Crippen LogP contribution in [0.15, 0.2) is 40.9 Å². The van der Waals surface area contributed by atoms with Gasteiger partial charge in [0.25, 0.3) is 0 Å². The van der Waals surface area contributed by atoms with E-state index < -0.39 is 12.0 Å². The van der Waals surface area contributed by atoms with Gasteiger partial charge in [-0.15, -0.1) is 0 Å². The predicted molar refractivity (Wildman–Crippen MR) is 114 cm³/mol. The van der Waals surface area contributed by atoms with Gasteiger partial charge in [-0.3, -0.25) is 9.69 Å². The smallest absolute Gasteiger partial charge is 0.320 e. The van der Waals surface area contributed by atoms with Gasteiger partial charge in [-0.25, -0.2) is 0 Å². The summed E-state index contributed by atoms with van der Waals surface area (Å²) in [6, 6.07) is 10.5. The minimum absolute atomic E-state index is 0.343. The van der Waals surface area contributed by atoms with Gasteiger partial charge in [-0.05, 0) is 49.7 Å². The van der Waals surface area contributed by atoms with Gasteiger partial charge in [0, 0.05) is 21.7 Å². The number of carboxylic acids is 1. The molecule has 1 heterocycles. The molecule has 1 aliphatic heterocycles. The number of carbonyl (C=O) groups is 1. The van der Waals surface area contributed by atoms with Gasteiger partial charge in [0.15, 0.2) is 0 Å². The number of methoxy groups -OCH3 is 3. The fourth-order valence-electron chi connectivity index (χ4n) is 4.02. The Morgan fingerprint density at radius 2 is 1.79 bits per heavy atom. The van der Waals surface area contributed by atoms with E-state index in [2.05, 4.69) is 15.9 Å². The van der Waals surface area contributed by atoms with Crippen molar-refractivity contribution in [3.63, 3.8) is 0 Å². The van der Waals surface area contributed by atoms with Crippen molar-refractivity contribution >= 4 is 21.9 Å². The molecular formula is C22H26BrNO5. The zero-order valence-corrected chi connectivity index (χ0v) is 18.4. The predicted octanol–water partition coefficient (Wildman–Crippen LogP) is 4.50. The standard InChI is InChI=1S/C22H26BrNO5/c1-27-15-8-9-16(20(13-15)29-3)21(17-12-14(23)7-10-19(17)28-2)24-11-5-4-6-18(24)22(25)26/h7-10,12-13,18,21H,4-6,11H2,1-3H3,(H,25,26). The molecular weight excluding hydrogens is 438 g/mol. The highest BCUT2D eigenvalue weighted by molar-refractivity contribution is 9.10. The van der Waals surface area contributed by atoms with Crippen LogP contribution in [0.5, 0.6) is 17.2 Å². The fraction of sp³-hybridized carbons (Fsp3) is 0.409. The molecule has 2 atom stereocenters. The lowest BCUT2D eigenvalue weighted by Crippen LogP contribution is -2.47. The van der Waals surface area contributed by atoms with Crippen LogP contribution in [0.2, 0.25) is 0 Å². The van der Waals surface area contributed by atoms with Crippen LogP contribution in [0.1, 0.15) is 36.4 Å². The molecule has 0 aromatic heterocycles. The van der Waals surface area contributed by atoms with E-state index in [1.165, 1.54) is 0 Å². The van der Waals surface area contributed by atoms with Gasteiger partial charge < -0.3 is 19.3 Å². The molecule has 3 rings (SSSR count). The highest BCUT2D eigenvalue weighted by atomic mass is 79.9. The summed E-state index contributed by atoms with van der Waals surface area (Å²) in [6.45, 7) is 0.673. The third-order valence-electron chi connectivity index (χ3n) is 5.38. The molecule has 1 N–H and O–H groups in total. The van der Waals surface area contributed by atoms with Crippen molar-refractivity contribution in [2.75, 3.05) is 27.9 Å². The molecule has 0 bridgehead atoms. The number of rotatable bonds is 7. The molecule has 1 saturated heterocycles. The molecule has 156 valence electrons. The Kier molecular flexibility index (Phi) is 7.03. The topological polar surface area (TPSA) is 68.2 Å². The Hall–Kier alpha value is -2.25. The lowest BCUT2D eigenvalue weighted by molar-refractivity contribution is -0.145. The zero-order valence-electron chi connectivity index (χ0n) is 16.9. The van der Waals surface area contributed by atoms with Gasteiger partial charge >= 0.3 is 5.97 Å². The maximum Gasteiger partial charge on any atom is 0.320 e. The van der Waals surface area contributed by atoms with Gasteiger partial charge in [-0.1, -0.05) is 22.4 Å². The Labute approximate surface area is 179 Å². The quantitative estimate of drug-likeness (QED) is 0.651. The van der Waals surface area contributed by atoms with Gasteiger partial charge in [0.1, 0.15) is 23.3 Å². The van der Waals surface area contributed by atoms with Crippen LogP contribution >= 0.6 is 15.9 Å². The fourth-order valence-corrected chi connectivity index (χ4v) is 4.39. The summed E-state index contributed by atoms with van der Waals surface area (Å²) in [5.74, 6) is 1.21. The number of ether oxygens (including phenoxy) is 3. The molecule has 7 heteroatoms. The van der Waals surface area contributed by atoms with E-state index in [0.29, 0.717) is 30.2 Å². The number of likely N-dealkylation sites (tertiary alicyclic amines) is 1. The molecule has 0 amide bonds. The summed E-state index contributed by atoms with van der Waals surface area (Å²) in [5, 5.41) is 9.91. The van der Waals surface area contributed by atoms with E-state index in [4.69, 9.17) is 14.2 Å². The second-order valence-electron chi connectivity index (χ2n) is 6.98. The summed E-state index contributed by atoms with van der Waals surface area (Å²) in [6.07, 6.45) is 2.45. The van der Waals surface area contributed by atoms with E-state index in [1.807, 2.05) is 41.3 Å². The first-order valence-corrected chi connectivity index (χ1v) is 10.3. The SMILES string of the molecule is COc1ccc(C(c2cc(Br)ccc2OC)N2CCCCC2C(=O)O)c(OC)c1. The first-order chi connectivity index (χ1) is 14.0. The summed E-state index contributed by atoms with van der Waals surface area (Å²) >= 11 is 3.55. The lowest BCUT2D eigenvalue weighted by atomic mass is 9.90. The number of carboxylic acid groups (broad SMARTS) is 1. The molecule has 0 radical (unpaired) electrons. The van der Waals surface area contributed by atoms with Gasteiger partial charge in [-0.2, -0.15) is 0 Å². The number of nitrogens with zero attached hydrogens (tertiary/aromatic N) is 1. The van der Waals surface area contributed by atoms with Gasteiger partial charge in [0.2, 0.25) is 0 Å². The molecule has 0 spiro atoms. The number of benzene rings is 2. The number of piperidine rings is 1. The van der Waals surface area contributed by atoms with Crippen LogP contribution in [-0.2, 0) is 4.79 Å². The van der Waals surface area contributed by atoms with Crippen molar-refractivity contribution in [3.05, 3.63) is 52.0 Å². The van der Waals surface area contributed by atoms with Crippen molar-refractivity contribution in [1.82, 2.24) is 4.90 Å². The van der Waals surface area contributed by atoms with Crippen molar-refractivity contribution in [3.8, 4) is 17.2 Å². The molecule has 1 fully saturated rings. The van der Waals surface area contributed by atoms with Crippen LogP contribution in [0.25, 0.3) is 0 Å². The number of hydrogen-bond donors (Lipinski definition) is 1. The molecule has 0 aliphatic carbocycles. The average Bonchev–Trinajstić information content (AvgIpc) is 2.74. The summed E-state index contributed by atoms with van der Waals surface area (Å²) < 4.78 is 17.6. The molecule has 6 nitrogen and oxygen atoms in total. The van der Waals surface area contributed by atoms with Crippen molar-refractivity contribution in [2.45, 2.75) is 31.3 Å². The zero-order chi connectivity index (χ0) is 21.0. The van der Waals surface area contributed by atoms with E-state index in [1.54, 1.807) is 21.3 Å². The lowest BCUT2D eigenvalue weighted by Gasteiger charge is -2.40. The van der Waals surface area contributed by atoms with Gasteiger partial charge in [0.05, 0.1) is 27.4 Å². The molecule has 2 aromatic carbocycles. The normalized spacial score (nSPS) is 18.1. The summed E-state index contributed by atoms with van der Waals surface area (Å²) in [7, 11) is 4.84. The first-order valence-electron chi connectivity index (χ1n) is 9.54. The van der Waals surface area contributed by atoms with E-state index >= 15 is 0 Å². The summed E-state index contributed by atoms with van der Waals surface area (Å²) in [4.78, 5) is 14.1. The Morgan fingerprint density at radius 1 is 1.03 bits per heavy atom. The van der Waals surface area contributed by atoms with E-state index in [-0.39, 0.29) is 6.04 Å². The monoisotopic (exact) mass is 463 g/mol. The van der Waals surface area contributed by atoms with E-state index in [9.17, 15) is 9.90 Å². The van der Waals surface area contributed by atoms with Crippen LogP contribution in [0.4, 0.5) is 0 Å². The van der Waals surface area contributed by atoms with Crippen molar-refractivity contribution in [1.29, 1.82) is 0 Å². The van der Waals surface area contributed by atoms with Crippen LogP contribution < -0.4 is 14.2 Å². The largest absolute Gasteiger partial charge is 0.497 e. The Balaban J connectivity index is 2.22. The second kappa shape index (κ2) is 9.50. The summed E-state index contributed by atoms with van der Waals surface area (Å²) in [5.41, 5.74) is 1.76. The number of halogens is 1. The van der Waals surface area contributed by atoms with Crippen LogP contribution in [0, 0.1) is 0 Å². The first kappa shape index (κ1) is 21.5. The van der Waals surface area contributed by atoms with Crippen molar-refractivity contribution < 1.29 is 24.1 Å². The minimum Gasteiger partial charge on any atom is -0.497 e. The number of hydrogen-bond acceptors (Lipinski definition) is 5. The van der Waals surface area contributed by atoms with Crippen LogP contribution in [-0.4, -0.2) is 49.9 Å². The third-order valence-corrected chi connectivity index (χ3v) is 5.88. The molecule has 29 heavy (non-hydrogen) atoms. The highest BCUT2D eigenvalue weighted by Gasteiger charge is 2.37. The molecule has 2 unspecified atom stereocenters. The second-order valence-corrected chi connectivity index (χ2v) is 7.90. The maximum atomic E-state index is 12.1. The Morgan fingerprint density at radius 3 is 2.45 bits per heavy atom. The minimum atomic E-state index is -0.809. The van der Waals surface area contributed by atoms with Crippen LogP contribution in [0.3, 0.4) is 0 Å². The van der Waals surface area contributed by atoms with E-state index in [0.717, 1.165) is 28.4 Å². The molecule has 1 aliphatic rings.